The Bertz CT molecular complexity index is 958. The molecule has 6 heteroatoms. The Morgan fingerprint density at radius 2 is 2.12 bits per heavy atom. The molecule has 0 aliphatic heterocycles. The van der Waals surface area contributed by atoms with E-state index in [1.54, 1.807) is 18.3 Å². The molecule has 0 aliphatic carbocycles. The van der Waals surface area contributed by atoms with Crippen LogP contribution in [-0.4, -0.2) is 22.2 Å². The number of hydrogen-bond donors (Lipinski definition) is 1. The van der Waals surface area contributed by atoms with E-state index in [1.807, 2.05) is 31.2 Å². The first kappa shape index (κ1) is 16.6. The molecule has 1 amide bonds. The number of aromatic nitrogens is 2. The molecule has 1 atom stereocenters. The highest BCUT2D eigenvalue weighted by molar-refractivity contribution is 7.26. The molecule has 3 rings (SSSR count). The zero-order valence-corrected chi connectivity index (χ0v) is 14.9. The fraction of sp³-hybridized carbons (Fsp3) is 0.389. The van der Waals surface area contributed by atoms with Gasteiger partial charge in [-0.2, -0.15) is 5.10 Å². The molecular formula is C18H21N3O2S. The summed E-state index contributed by atoms with van der Waals surface area (Å²) >= 11 is 1.57. The molecule has 3 aromatic rings. The molecule has 0 spiro atoms. The fourth-order valence-electron chi connectivity index (χ4n) is 2.79. The van der Waals surface area contributed by atoms with Crippen LogP contribution in [0.3, 0.4) is 0 Å². The number of carbonyl (C=O) groups is 1. The van der Waals surface area contributed by atoms with Crippen LogP contribution in [0, 0.1) is 6.92 Å². The topological polar surface area (TPSA) is 64.0 Å². The Balaban J connectivity index is 2.09. The van der Waals surface area contributed by atoms with E-state index in [9.17, 15) is 9.59 Å². The Kier molecular flexibility index (Phi) is 4.66. The Hall–Kier alpha value is -2.21. The van der Waals surface area contributed by atoms with Gasteiger partial charge in [-0.25, -0.2) is 4.68 Å². The number of nitrogens with zero attached hydrogens (tertiary/aromatic N) is 2. The van der Waals surface area contributed by atoms with Crippen molar-refractivity contribution in [2.24, 2.45) is 0 Å². The lowest BCUT2D eigenvalue weighted by atomic mass is 10.2. The Labute approximate surface area is 144 Å². The highest BCUT2D eigenvalue weighted by Gasteiger charge is 2.21. The lowest BCUT2D eigenvalue weighted by Gasteiger charge is -2.15. The van der Waals surface area contributed by atoms with Crippen molar-refractivity contribution in [1.82, 2.24) is 15.1 Å². The molecular weight excluding hydrogens is 322 g/mol. The van der Waals surface area contributed by atoms with Gasteiger partial charge in [-0.3, -0.25) is 9.59 Å². The lowest BCUT2D eigenvalue weighted by molar-refractivity contribution is -0.124. The molecule has 1 N–H and O–H groups in total. The van der Waals surface area contributed by atoms with Crippen molar-refractivity contribution in [3.05, 3.63) is 40.3 Å². The second-order valence-corrected chi connectivity index (χ2v) is 7.01. The number of fused-ring (bicyclic) bond motifs is 3. The zero-order chi connectivity index (χ0) is 17.3. The van der Waals surface area contributed by atoms with E-state index in [0.717, 1.165) is 33.3 Å². The van der Waals surface area contributed by atoms with Crippen molar-refractivity contribution >= 4 is 37.4 Å². The van der Waals surface area contributed by atoms with Gasteiger partial charge in [0.15, 0.2) is 0 Å². The van der Waals surface area contributed by atoms with Gasteiger partial charge in [-0.05, 0) is 26.3 Å². The van der Waals surface area contributed by atoms with E-state index in [1.165, 1.54) is 4.68 Å². The van der Waals surface area contributed by atoms with Crippen LogP contribution in [0.1, 0.15) is 38.4 Å². The predicted octanol–water partition coefficient (Wildman–Crippen LogP) is 3.40. The number of aryl methyl sites for hydroxylation is 1. The van der Waals surface area contributed by atoms with Crippen molar-refractivity contribution in [1.29, 1.82) is 0 Å². The number of rotatable bonds is 5. The molecule has 2 aromatic heterocycles. The smallest absolute Gasteiger partial charge is 0.276 e. The number of nitrogens with one attached hydrogen (secondary N) is 1. The number of carbonyl (C=O) groups excluding carboxylic acids is 1. The standard InChI is InChI=1S/C18H21N3O2S/c1-4-5-10-19-17(22)12(3)21-18(23)15-13-8-6-7-9-14(13)24-16(15)11(2)20-21/h6-9,12H,4-5,10H2,1-3H3,(H,19,22). The third kappa shape index (κ3) is 2.82. The molecule has 0 bridgehead atoms. The van der Waals surface area contributed by atoms with Crippen molar-refractivity contribution in [3.63, 3.8) is 0 Å². The minimum Gasteiger partial charge on any atom is -0.354 e. The number of hydrogen-bond acceptors (Lipinski definition) is 4. The second-order valence-electron chi connectivity index (χ2n) is 5.96. The molecule has 0 aliphatic rings. The van der Waals surface area contributed by atoms with Crippen molar-refractivity contribution < 1.29 is 4.79 Å². The molecule has 0 radical (unpaired) electrons. The van der Waals surface area contributed by atoms with Gasteiger partial charge in [0.1, 0.15) is 6.04 Å². The van der Waals surface area contributed by atoms with Crippen LogP contribution in [0.25, 0.3) is 20.2 Å². The summed E-state index contributed by atoms with van der Waals surface area (Å²) in [5.41, 5.74) is 0.574. The molecule has 1 aromatic carbocycles. The molecule has 126 valence electrons. The first-order valence-corrected chi connectivity index (χ1v) is 9.04. The predicted molar refractivity (Wildman–Crippen MR) is 98.8 cm³/mol. The van der Waals surface area contributed by atoms with Crippen LogP contribution in [0.4, 0.5) is 0 Å². The van der Waals surface area contributed by atoms with Gasteiger partial charge in [0, 0.05) is 16.6 Å². The fourth-order valence-corrected chi connectivity index (χ4v) is 3.92. The van der Waals surface area contributed by atoms with Crippen LogP contribution >= 0.6 is 11.3 Å². The van der Waals surface area contributed by atoms with Crippen molar-refractivity contribution in [3.8, 4) is 0 Å². The summed E-state index contributed by atoms with van der Waals surface area (Å²) in [7, 11) is 0. The third-order valence-corrected chi connectivity index (χ3v) is 5.46. The van der Waals surface area contributed by atoms with Crippen molar-refractivity contribution in [2.75, 3.05) is 6.54 Å². The second kappa shape index (κ2) is 6.73. The minimum atomic E-state index is -0.629. The maximum Gasteiger partial charge on any atom is 0.276 e. The van der Waals surface area contributed by atoms with Gasteiger partial charge >= 0.3 is 0 Å². The lowest BCUT2D eigenvalue weighted by Crippen LogP contribution is -2.37. The number of unbranched alkanes of at least 4 members (excludes halogenated alkanes) is 1. The van der Waals surface area contributed by atoms with E-state index in [2.05, 4.69) is 17.3 Å². The van der Waals surface area contributed by atoms with Gasteiger partial charge in [-0.1, -0.05) is 31.5 Å². The molecule has 24 heavy (non-hydrogen) atoms. The van der Waals surface area contributed by atoms with Crippen LogP contribution in [0.5, 0.6) is 0 Å². The minimum absolute atomic E-state index is 0.170. The molecule has 5 nitrogen and oxygen atoms in total. The van der Waals surface area contributed by atoms with Crippen molar-refractivity contribution in [2.45, 2.75) is 39.7 Å². The first-order valence-electron chi connectivity index (χ1n) is 8.23. The van der Waals surface area contributed by atoms with E-state index in [4.69, 9.17) is 0 Å². The number of amides is 1. The third-order valence-electron chi connectivity index (χ3n) is 4.18. The summed E-state index contributed by atoms with van der Waals surface area (Å²) in [5, 5.41) is 8.86. The largest absolute Gasteiger partial charge is 0.354 e. The summed E-state index contributed by atoms with van der Waals surface area (Å²) in [6.07, 6.45) is 1.94. The highest BCUT2D eigenvalue weighted by atomic mass is 32.1. The molecule has 0 saturated heterocycles. The van der Waals surface area contributed by atoms with Gasteiger partial charge in [-0.15, -0.1) is 11.3 Å². The first-order chi connectivity index (χ1) is 11.5. The zero-order valence-electron chi connectivity index (χ0n) is 14.1. The van der Waals surface area contributed by atoms with Gasteiger partial charge in [0.2, 0.25) is 5.91 Å². The highest BCUT2D eigenvalue weighted by Crippen LogP contribution is 2.32. The average Bonchev–Trinajstić information content (AvgIpc) is 2.98. The van der Waals surface area contributed by atoms with E-state index < -0.39 is 6.04 Å². The molecule has 0 saturated carbocycles. The monoisotopic (exact) mass is 343 g/mol. The van der Waals surface area contributed by atoms with Crippen LogP contribution < -0.4 is 10.9 Å². The normalized spacial score (nSPS) is 12.6. The number of thiophene rings is 1. The van der Waals surface area contributed by atoms with Gasteiger partial charge in [0.05, 0.1) is 15.8 Å². The Morgan fingerprint density at radius 3 is 2.88 bits per heavy atom. The quantitative estimate of drug-likeness (QED) is 0.722. The molecule has 1 unspecified atom stereocenters. The maximum absolute atomic E-state index is 13.0. The van der Waals surface area contributed by atoms with E-state index in [0.29, 0.717) is 11.9 Å². The van der Waals surface area contributed by atoms with Crippen LogP contribution in [0.2, 0.25) is 0 Å². The van der Waals surface area contributed by atoms with Gasteiger partial charge in [0.25, 0.3) is 5.56 Å². The molecule has 2 heterocycles. The van der Waals surface area contributed by atoms with Crippen LogP contribution in [-0.2, 0) is 4.79 Å². The summed E-state index contributed by atoms with van der Waals surface area (Å²) in [4.78, 5) is 25.3. The Morgan fingerprint density at radius 1 is 1.38 bits per heavy atom. The summed E-state index contributed by atoms with van der Waals surface area (Å²) in [6.45, 7) is 6.29. The summed E-state index contributed by atoms with van der Waals surface area (Å²) in [6, 6.07) is 7.21. The molecule has 0 fully saturated rings. The van der Waals surface area contributed by atoms with E-state index in [-0.39, 0.29) is 11.5 Å². The number of benzene rings is 1. The van der Waals surface area contributed by atoms with E-state index >= 15 is 0 Å². The summed E-state index contributed by atoms with van der Waals surface area (Å²) < 4.78 is 3.28. The average molecular weight is 343 g/mol. The SMILES string of the molecule is CCCCNC(=O)C(C)n1nc(C)c2sc3ccccc3c2c1=O. The van der Waals surface area contributed by atoms with Gasteiger partial charge < -0.3 is 5.32 Å². The summed E-state index contributed by atoms with van der Waals surface area (Å²) in [5.74, 6) is -0.170. The maximum atomic E-state index is 13.0. The van der Waals surface area contributed by atoms with Crippen LogP contribution in [0.15, 0.2) is 29.1 Å².